The van der Waals surface area contributed by atoms with E-state index in [1.807, 2.05) is 11.8 Å². The van der Waals surface area contributed by atoms with Gasteiger partial charge in [0.05, 0.1) is 51.9 Å². The number of piperazine rings is 1. The molecular weight excluding hydrogens is 646 g/mol. The highest BCUT2D eigenvalue weighted by molar-refractivity contribution is 5.85. The number of nitrogens with two attached hydrogens (primary N) is 2. The highest BCUT2D eigenvalue weighted by Crippen LogP contribution is 2.20. The maximum atomic E-state index is 13.4. The molecule has 4 heterocycles. The van der Waals surface area contributed by atoms with E-state index in [1.54, 1.807) is 10.9 Å². The van der Waals surface area contributed by atoms with Crippen LogP contribution in [0.25, 0.3) is 0 Å². The van der Waals surface area contributed by atoms with Crippen molar-refractivity contribution in [1.29, 1.82) is 0 Å². The number of terminal acetylenes is 1. The molecule has 0 spiro atoms. The molecule has 0 aromatic carbocycles. The van der Waals surface area contributed by atoms with Crippen LogP contribution >= 0.6 is 12.4 Å². The molecule has 2 aliphatic heterocycles. The second-order valence-corrected chi connectivity index (χ2v) is 10.9. The van der Waals surface area contributed by atoms with Crippen LogP contribution in [-0.4, -0.2) is 152 Å². The number of morpholine rings is 1. The fourth-order valence-electron chi connectivity index (χ4n) is 4.87. The smallest absolute Gasteiger partial charge is 0.247 e. The van der Waals surface area contributed by atoms with E-state index < -0.39 is 6.04 Å². The number of ether oxygens (including phenoxy) is 4. The second-order valence-electron chi connectivity index (χ2n) is 10.9. The van der Waals surface area contributed by atoms with E-state index in [1.165, 1.54) is 0 Å². The molecule has 5 N–H and O–H groups in total. The number of aliphatic imine (C=N–C) groups is 1. The van der Waals surface area contributed by atoms with E-state index in [0.29, 0.717) is 123 Å². The molecule has 2 aromatic heterocycles. The summed E-state index contributed by atoms with van der Waals surface area (Å²) in [5.41, 5.74) is 11.5. The minimum absolute atomic E-state index is 0. The lowest BCUT2D eigenvalue weighted by Gasteiger charge is -2.36. The zero-order valence-corrected chi connectivity index (χ0v) is 28.4. The van der Waals surface area contributed by atoms with Gasteiger partial charge < -0.3 is 50.4 Å². The van der Waals surface area contributed by atoms with Gasteiger partial charge in [0.25, 0.3) is 0 Å². The van der Waals surface area contributed by atoms with E-state index in [4.69, 9.17) is 46.8 Å². The number of nitrogens with zero attached hydrogens (tertiary/aromatic N) is 10. The number of aromatic nitrogens is 6. The number of anilines is 3. The molecule has 0 bridgehead atoms. The number of carbonyl (C=O) groups excluding carboxylic acids is 1. The minimum atomic E-state index is -0.483. The van der Waals surface area contributed by atoms with Crippen LogP contribution in [0.3, 0.4) is 0 Å². The Hall–Kier alpha value is -4.02. The van der Waals surface area contributed by atoms with Crippen LogP contribution in [0.1, 0.15) is 25.1 Å². The Bertz CT molecular complexity index is 1310. The van der Waals surface area contributed by atoms with Gasteiger partial charge in [-0.25, -0.2) is 4.68 Å². The first-order valence-electron chi connectivity index (χ1n) is 15.9. The molecule has 266 valence electrons. The van der Waals surface area contributed by atoms with Gasteiger partial charge in [0.15, 0.2) is 5.96 Å². The zero-order valence-electron chi connectivity index (χ0n) is 27.5. The summed E-state index contributed by atoms with van der Waals surface area (Å²) in [5.74, 6) is 4.08. The third kappa shape index (κ3) is 12.5. The van der Waals surface area contributed by atoms with Crippen LogP contribution in [0, 0.1) is 12.3 Å². The number of amides is 1. The third-order valence-electron chi connectivity index (χ3n) is 7.44. The molecule has 2 saturated heterocycles. The Morgan fingerprint density at radius 1 is 1.00 bits per heavy atom. The SMILES string of the molecule is C#CCOCCOCCOCCNc1nc(N2CCOCC2)nc(N2CCN(C(=O)[C@H](C)n3cc(CCCN=C(N)N)nn3)CC2)n1.Cl. The van der Waals surface area contributed by atoms with Crippen LogP contribution in [-0.2, 0) is 30.2 Å². The molecule has 0 radical (unpaired) electrons. The molecule has 48 heavy (non-hydrogen) atoms. The molecule has 2 aliphatic rings. The summed E-state index contributed by atoms with van der Waals surface area (Å²) < 4.78 is 23.4. The fourth-order valence-corrected chi connectivity index (χ4v) is 4.87. The molecule has 2 fully saturated rings. The minimum Gasteiger partial charge on any atom is -0.378 e. The summed E-state index contributed by atoms with van der Waals surface area (Å²) in [5, 5.41) is 11.7. The Morgan fingerprint density at radius 3 is 2.31 bits per heavy atom. The summed E-state index contributed by atoms with van der Waals surface area (Å²) in [6, 6.07) is -0.483. The Labute approximate surface area is 287 Å². The van der Waals surface area contributed by atoms with Crippen LogP contribution in [0.4, 0.5) is 17.8 Å². The Kier molecular flexibility index (Phi) is 16.9. The average molecular weight is 694 g/mol. The van der Waals surface area contributed by atoms with Crippen molar-refractivity contribution in [3.8, 4) is 12.3 Å². The first-order valence-corrected chi connectivity index (χ1v) is 15.9. The predicted octanol–water partition coefficient (Wildman–Crippen LogP) is -1.07. The van der Waals surface area contributed by atoms with Gasteiger partial charge in [-0.3, -0.25) is 9.79 Å². The second kappa shape index (κ2) is 21.1. The molecule has 1 atom stereocenters. The number of hydrogen-bond donors (Lipinski definition) is 3. The summed E-state index contributed by atoms with van der Waals surface area (Å²) in [7, 11) is 0. The lowest BCUT2D eigenvalue weighted by Crippen LogP contribution is -2.51. The predicted molar refractivity (Wildman–Crippen MR) is 182 cm³/mol. The largest absolute Gasteiger partial charge is 0.378 e. The van der Waals surface area contributed by atoms with Crippen molar-refractivity contribution in [3.63, 3.8) is 0 Å². The number of guanidine groups is 1. The van der Waals surface area contributed by atoms with E-state index in [2.05, 4.69) is 41.3 Å². The summed E-state index contributed by atoms with van der Waals surface area (Å²) in [4.78, 5) is 37.5. The maximum absolute atomic E-state index is 13.4. The van der Waals surface area contributed by atoms with Crippen molar-refractivity contribution in [2.45, 2.75) is 25.8 Å². The standard InChI is InChI=1S/C29H47N13O5.ClH/c1-3-14-44-18-20-47-21-19-45-15-7-33-27-34-28(36-29(35-27)41-12-16-46-17-13-41)40-10-8-39(9-11-40)25(43)23(2)42-22-24(37-38-42)5-4-6-32-26(30)31;/h1,22-23H,4-21H2,2H3,(H4,30,31,32)(H,33,34,35,36);1H/t23-;/m0./s1. The van der Waals surface area contributed by atoms with Crippen molar-refractivity contribution < 1.29 is 23.7 Å². The summed E-state index contributed by atoms with van der Waals surface area (Å²) in [6.07, 6.45) is 8.35. The Balaban J connectivity index is 0.00000625. The average Bonchev–Trinajstić information content (AvgIpc) is 3.58. The number of aryl methyl sites for hydroxylation is 1. The van der Waals surface area contributed by atoms with Crippen molar-refractivity contribution in [2.24, 2.45) is 16.5 Å². The van der Waals surface area contributed by atoms with Crippen LogP contribution < -0.4 is 26.6 Å². The number of nitrogens with one attached hydrogen (secondary N) is 1. The monoisotopic (exact) mass is 693 g/mol. The van der Waals surface area contributed by atoms with Crippen molar-refractivity contribution in [3.05, 3.63) is 11.9 Å². The molecule has 0 unspecified atom stereocenters. The first-order chi connectivity index (χ1) is 22.9. The third-order valence-corrected chi connectivity index (χ3v) is 7.44. The number of carbonyl (C=O) groups is 1. The molecule has 18 nitrogen and oxygen atoms in total. The van der Waals surface area contributed by atoms with Crippen molar-refractivity contribution in [1.82, 2.24) is 34.8 Å². The van der Waals surface area contributed by atoms with Gasteiger partial charge >= 0.3 is 0 Å². The van der Waals surface area contributed by atoms with Crippen LogP contribution in [0.5, 0.6) is 0 Å². The summed E-state index contributed by atoms with van der Waals surface area (Å²) >= 11 is 0. The summed E-state index contributed by atoms with van der Waals surface area (Å²) in [6.45, 7) is 10.3. The normalized spacial score (nSPS) is 15.4. The highest BCUT2D eigenvalue weighted by Gasteiger charge is 2.28. The number of hydrogen-bond acceptors (Lipinski definition) is 14. The quantitative estimate of drug-likeness (QED) is 0.0693. The van der Waals surface area contributed by atoms with E-state index >= 15 is 0 Å². The molecule has 0 aliphatic carbocycles. The fraction of sp³-hybridized carbons (Fsp3) is 0.690. The van der Waals surface area contributed by atoms with Crippen LogP contribution in [0.2, 0.25) is 0 Å². The van der Waals surface area contributed by atoms with Crippen molar-refractivity contribution in [2.75, 3.05) is 120 Å². The van der Waals surface area contributed by atoms with Gasteiger partial charge in [0.1, 0.15) is 12.6 Å². The van der Waals surface area contributed by atoms with Gasteiger partial charge in [-0.2, -0.15) is 15.0 Å². The van der Waals surface area contributed by atoms with Gasteiger partial charge in [-0.1, -0.05) is 11.1 Å². The molecule has 2 aromatic rings. The van der Waals surface area contributed by atoms with Gasteiger partial charge in [0.2, 0.25) is 23.8 Å². The molecule has 1 amide bonds. The van der Waals surface area contributed by atoms with Gasteiger partial charge in [-0.05, 0) is 19.8 Å². The number of rotatable bonds is 19. The molecule has 0 saturated carbocycles. The number of halogens is 1. The van der Waals surface area contributed by atoms with Crippen molar-refractivity contribution >= 4 is 42.1 Å². The van der Waals surface area contributed by atoms with E-state index in [0.717, 1.165) is 12.1 Å². The molecular formula is C29H48ClN13O5. The lowest BCUT2D eigenvalue weighted by atomic mass is 10.2. The maximum Gasteiger partial charge on any atom is 0.247 e. The van der Waals surface area contributed by atoms with E-state index in [9.17, 15) is 4.79 Å². The van der Waals surface area contributed by atoms with Gasteiger partial charge in [-0.15, -0.1) is 23.9 Å². The topological polar surface area (TPSA) is 210 Å². The Morgan fingerprint density at radius 2 is 1.65 bits per heavy atom. The van der Waals surface area contributed by atoms with Gasteiger partial charge in [0, 0.05) is 58.6 Å². The highest BCUT2D eigenvalue weighted by atomic mass is 35.5. The van der Waals surface area contributed by atoms with E-state index in [-0.39, 0.29) is 30.9 Å². The zero-order chi connectivity index (χ0) is 33.3. The first kappa shape index (κ1) is 38.4. The molecule has 19 heteroatoms. The molecule has 4 rings (SSSR count). The van der Waals surface area contributed by atoms with Crippen LogP contribution in [0.15, 0.2) is 11.2 Å². The lowest BCUT2D eigenvalue weighted by molar-refractivity contribution is -0.134.